The fourth-order valence-electron chi connectivity index (χ4n) is 2.03. The molecule has 0 aliphatic heterocycles. The summed E-state index contributed by atoms with van der Waals surface area (Å²) >= 11 is 1.29. The Bertz CT molecular complexity index is 521. The van der Waals surface area contributed by atoms with Gasteiger partial charge in [0.25, 0.3) is 5.19 Å². The summed E-state index contributed by atoms with van der Waals surface area (Å²) in [5.74, 6) is 1.64. The summed E-state index contributed by atoms with van der Waals surface area (Å²) < 4.78 is 9.76. The van der Waals surface area contributed by atoms with Crippen LogP contribution in [-0.2, 0) is 12.8 Å². The van der Waals surface area contributed by atoms with Crippen LogP contribution in [0.25, 0.3) is 0 Å². The van der Waals surface area contributed by atoms with Crippen molar-refractivity contribution in [2.75, 3.05) is 0 Å². The summed E-state index contributed by atoms with van der Waals surface area (Å²) in [7, 11) is 0. The van der Waals surface area contributed by atoms with Gasteiger partial charge in [0.2, 0.25) is 0 Å². The predicted octanol–water partition coefficient (Wildman–Crippen LogP) is 3.13. The van der Waals surface area contributed by atoms with E-state index in [9.17, 15) is 0 Å². The molecule has 0 unspecified atom stereocenters. The topological polar surface area (TPSA) is 35.0 Å². The van der Waals surface area contributed by atoms with E-state index in [2.05, 4.69) is 21.5 Å². The van der Waals surface area contributed by atoms with Crippen LogP contribution in [0.5, 0.6) is 10.9 Å². The largest absolute Gasteiger partial charge is 0.430 e. The summed E-state index contributed by atoms with van der Waals surface area (Å²) in [4.78, 5) is 4.18. The molecule has 1 aromatic heterocycles. The lowest BCUT2D eigenvalue weighted by Gasteiger charge is -2.03. The fraction of sp³-hybridized carbons (Fsp3) is 0.333. The lowest BCUT2D eigenvalue weighted by molar-refractivity contribution is 0.477. The highest BCUT2D eigenvalue weighted by Crippen LogP contribution is 2.29. The zero-order valence-corrected chi connectivity index (χ0v) is 9.88. The highest BCUT2D eigenvalue weighted by molar-refractivity contribution is 7.07. The third-order valence-corrected chi connectivity index (χ3v) is 3.47. The second kappa shape index (κ2) is 3.87. The smallest absolute Gasteiger partial charge is 0.298 e. The SMILES string of the molecule is Cc1nsc(Oc2ccc3c(c2)CCC3)n1. The molecular weight excluding hydrogens is 220 g/mol. The summed E-state index contributed by atoms with van der Waals surface area (Å²) in [6.45, 7) is 1.87. The second-order valence-corrected chi connectivity index (χ2v) is 4.71. The van der Waals surface area contributed by atoms with Crippen molar-refractivity contribution in [2.24, 2.45) is 0 Å². The Morgan fingerprint density at radius 2 is 2.12 bits per heavy atom. The molecule has 1 aliphatic rings. The number of hydrogen-bond donors (Lipinski definition) is 0. The van der Waals surface area contributed by atoms with Gasteiger partial charge in [0.05, 0.1) is 0 Å². The van der Waals surface area contributed by atoms with Crippen LogP contribution in [0.4, 0.5) is 0 Å². The van der Waals surface area contributed by atoms with E-state index in [1.165, 1.54) is 41.9 Å². The molecule has 1 aliphatic carbocycles. The molecule has 4 heteroatoms. The molecule has 0 atom stereocenters. The molecule has 0 N–H and O–H groups in total. The maximum absolute atomic E-state index is 5.67. The first-order chi connectivity index (χ1) is 7.81. The maximum Gasteiger partial charge on any atom is 0.298 e. The van der Waals surface area contributed by atoms with E-state index in [0.717, 1.165) is 11.6 Å². The average molecular weight is 232 g/mol. The van der Waals surface area contributed by atoms with Crippen molar-refractivity contribution >= 4 is 11.5 Å². The summed E-state index contributed by atoms with van der Waals surface area (Å²) in [6, 6.07) is 6.30. The quantitative estimate of drug-likeness (QED) is 0.798. The number of fused-ring (bicyclic) bond motifs is 1. The standard InChI is InChI=1S/C12H12N2OS/c1-8-13-12(16-14-8)15-11-6-5-9-3-2-4-10(9)7-11/h5-7H,2-4H2,1H3. The predicted molar refractivity (Wildman–Crippen MR) is 63.2 cm³/mol. The van der Waals surface area contributed by atoms with E-state index in [1.807, 2.05) is 13.0 Å². The molecule has 82 valence electrons. The normalized spacial score (nSPS) is 13.8. The average Bonchev–Trinajstić information content (AvgIpc) is 2.87. The van der Waals surface area contributed by atoms with Crippen molar-refractivity contribution in [3.63, 3.8) is 0 Å². The number of hydrogen-bond acceptors (Lipinski definition) is 4. The van der Waals surface area contributed by atoms with Crippen molar-refractivity contribution in [2.45, 2.75) is 26.2 Å². The first-order valence-electron chi connectivity index (χ1n) is 5.41. The molecule has 1 aromatic carbocycles. The number of benzene rings is 1. The van der Waals surface area contributed by atoms with E-state index >= 15 is 0 Å². The lowest BCUT2D eigenvalue weighted by Crippen LogP contribution is -1.87. The number of aromatic nitrogens is 2. The molecule has 0 spiro atoms. The number of aryl methyl sites for hydroxylation is 3. The number of ether oxygens (including phenoxy) is 1. The molecule has 0 saturated carbocycles. The highest BCUT2D eigenvalue weighted by Gasteiger charge is 2.12. The van der Waals surface area contributed by atoms with Crippen LogP contribution in [0, 0.1) is 6.92 Å². The van der Waals surface area contributed by atoms with Crippen molar-refractivity contribution in [1.29, 1.82) is 0 Å². The molecular formula is C12H12N2OS. The van der Waals surface area contributed by atoms with E-state index in [4.69, 9.17) is 4.74 Å². The van der Waals surface area contributed by atoms with Crippen molar-refractivity contribution in [1.82, 2.24) is 9.36 Å². The van der Waals surface area contributed by atoms with Crippen LogP contribution in [-0.4, -0.2) is 9.36 Å². The monoisotopic (exact) mass is 232 g/mol. The molecule has 0 amide bonds. The van der Waals surface area contributed by atoms with Gasteiger partial charge in [-0.2, -0.15) is 9.36 Å². The molecule has 2 aromatic rings. The van der Waals surface area contributed by atoms with Crippen LogP contribution in [0.1, 0.15) is 23.4 Å². The Hall–Kier alpha value is -1.42. The van der Waals surface area contributed by atoms with Gasteiger partial charge >= 0.3 is 0 Å². The number of rotatable bonds is 2. The zero-order valence-electron chi connectivity index (χ0n) is 9.06. The van der Waals surface area contributed by atoms with Gasteiger partial charge in [-0.15, -0.1) is 0 Å². The van der Waals surface area contributed by atoms with Gasteiger partial charge in [-0.1, -0.05) is 6.07 Å². The van der Waals surface area contributed by atoms with Crippen LogP contribution in [0.15, 0.2) is 18.2 Å². The molecule has 3 rings (SSSR count). The van der Waals surface area contributed by atoms with Gasteiger partial charge in [-0.3, -0.25) is 0 Å². The minimum Gasteiger partial charge on any atom is -0.430 e. The third kappa shape index (κ3) is 1.80. The molecule has 0 bridgehead atoms. The van der Waals surface area contributed by atoms with Crippen molar-refractivity contribution in [3.8, 4) is 10.9 Å². The van der Waals surface area contributed by atoms with E-state index in [-0.39, 0.29) is 0 Å². The first kappa shape index (κ1) is 9.78. The van der Waals surface area contributed by atoms with Crippen LogP contribution in [0.2, 0.25) is 0 Å². The first-order valence-corrected chi connectivity index (χ1v) is 6.18. The molecule has 1 heterocycles. The Morgan fingerprint density at radius 1 is 1.25 bits per heavy atom. The second-order valence-electron chi connectivity index (χ2n) is 3.99. The molecule has 0 radical (unpaired) electrons. The van der Waals surface area contributed by atoms with E-state index in [0.29, 0.717) is 5.19 Å². The van der Waals surface area contributed by atoms with Gasteiger partial charge in [0, 0.05) is 11.5 Å². The third-order valence-electron chi connectivity index (χ3n) is 2.78. The minimum absolute atomic E-state index is 0.621. The molecule has 0 saturated heterocycles. The molecule has 3 nitrogen and oxygen atoms in total. The maximum atomic E-state index is 5.67. The van der Waals surface area contributed by atoms with Crippen molar-refractivity contribution in [3.05, 3.63) is 35.2 Å². The van der Waals surface area contributed by atoms with Crippen LogP contribution in [0.3, 0.4) is 0 Å². The van der Waals surface area contributed by atoms with Gasteiger partial charge in [-0.25, -0.2) is 0 Å². The van der Waals surface area contributed by atoms with Crippen molar-refractivity contribution < 1.29 is 4.74 Å². The molecule has 16 heavy (non-hydrogen) atoms. The van der Waals surface area contributed by atoms with Gasteiger partial charge < -0.3 is 4.74 Å². The summed E-state index contributed by atoms with van der Waals surface area (Å²) in [5.41, 5.74) is 2.87. The fourth-order valence-corrected chi connectivity index (χ4v) is 2.59. The zero-order chi connectivity index (χ0) is 11.0. The van der Waals surface area contributed by atoms with Crippen LogP contribution >= 0.6 is 11.5 Å². The lowest BCUT2D eigenvalue weighted by atomic mass is 10.1. The minimum atomic E-state index is 0.621. The van der Waals surface area contributed by atoms with Gasteiger partial charge in [-0.05, 0) is 49.4 Å². The van der Waals surface area contributed by atoms with E-state index in [1.54, 1.807) is 0 Å². The highest BCUT2D eigenvalue weighted by atomic mass is 32.1. The van der Waals surface area contributed by atoms with Gasteiger partial charge in [0.1, 0.15) is 11.6 Å². The number of nitrogens with zero attached hydrogens (tertiary/aromatic N) is 2. The molecule has 0 fully saturated rings. The van der Waals surface area contributed by atoms with E-state index < -0.39 is 0 Å². The Morgan fingerprint density at radius 3 is 2.94 bits per heavy atom. The Labute approximate surface area is 98.3 Å². The summed E-state index contributed by atoms with van der Waals surface area (Å²) in [5, 5.41) is 0.621. The Kier molecular flexibility index (Phi) is 2.36. The summed E-state index contributed by atoms with van der Waals surface area (Å²) in [6.07, 6.45) is 3.63. The van der Waals surface area contributed by atoms with Gasteiger partial charge in [0.15, 0.2) is 0 Å². The Balaban J connectivity index is 1.85. The van der Waals surface area contributed by atoms with Crippen LogP contribution < -0.4 is 4.74 Å².